The zero-order valence-corrected chi connectivity index (χ0v) is 8.56. The van der Waals surface area contributed by atoms with E-state index in [0.29, 0.717) is 12.6 Å². The number of aromatic nitrogens is 1. The Kier molecular flexibility index (Phi) is 3.20. The van der Waals surface area contributed by atoms with E-state index in [0.717, 1.165) is 5.01 Å². The summed E-state index contributed by atoms with van der Waals surface area (Å²) in [7, 11) is 4.07. The minimum Gasteiger partial charge on any atom is -0.329 e. The Labute approximate surface area is 77.2 Å². The monoisotopic (exact) mass is 185 g/mol. The van der Waals surface area contributed by atoms with Crippen molar-refractivity contribution in [2.24, 2.45) is 5.73 Å². The van der Waals surface area contributed by atoms with Crippen LogP contribution >= 0.6 is 11.3 Å². The summed E-state index contributed by atoms with van der Waals surface area (Å²) < 4.78 is 0. The molecule has 68 valence electrons. The molecule has 0 spiro atoms. The van der Waals surface area contributed by atoms with Gasteiger partial charge in [-0.3, -0.25) is 0 Å². The molecular weight excluding hydrogens is 170 g/mol. The van der Waals surface area contributed by atoms with Crippen molar-refractivity contribution in [3.8, 4) is 0 Å². The highest BCUT2D eigenvalue weighted by atomic mass is 32.1. The number of aryl methyl sites for hydroxylation is 1. The smallest absolute Gasteiger partial charge is 0.0897 e. The summed E-state index contributed by atoms with van der Waals surface area (Å²) in [6.07, 6.45) is 1.91. The molecule has 3 nitrogen and oxygen atoms in total. The van der Waals surface area contributed by atoms with Crippen LogP contribution in [0.2, 0.25) is 0 Å². The lowest BCUT2D eigenvalue weighted by molar-refractivity contribution is 0.310. The highest BCUT2D eigenvalue weighted by Gasteiger charge is 2.13. The van der Waals surface area contributed by atoms with Crippen LogP contribution in [-0.2, 0) is 0 Å². The van der Waals surface area contributed by atoms with E-state index in [1.54, 1.807) is 11.3 Å². The third-order valence-corrected chi connectivity index (χ3v) is 2.83. The molecule has 0 fully saturated rings. The van der Waals surface area contributed by atoms with E-state index >= 15 is 0 Å². The molecular formula is C8H15N3S. The zero-order valence-electron chi connectivity index (χ0n) is 7.74. The summed E-state index contributed by atoms with van der Waals surface area (Å²) in [5.74, 6) is 0. The lowest BCUT2D eigenvalue weighted by Gasteiger charge is -2.20. The van der Waals surface area contributed by atoms with Crippen LogP contribution in [0.1, 0.15) is 15.9 Å². The van der Waals surface area contributed by atoms with Crippen LogP contribution in [-0.4, -0.2) is 30.5 Å². The summed E-state index contributed by atoms with van der Waals surface area (Å²) in [6.45, 7) is 2.66. The van der Waals surface area contributed by atoms with Gasteiger partial charge in [0.25, 0.3) is 0 Å². The normalized spacial score (nSPS) is 13.8. The molecule has 1 aromatic heterocycles. The molecule has 4 heteroatoms. The van der Waals surface area contributed by atoms with E-state index in [9.17, 15) is 0 Å². The standard InChI is InChI=1S/C8H15N3S/c1-6-10-5-8(12-6)7(4-9)11(2)3/h5,7H,4,9H2,1-3H3. The molecule has 1 atom stereocenters. The van der Waals surface area contributed by atoms with E-state index in [1.807, 2.05) is 27.2 Å². The number of thiazole rings is 1. The number of hydrogen-bond acceptors (Lipinski definition) is 4. The summed E-state index contributed by atoms with van der Waals surface area (Å²) >= 11 is 1.72. The van der Waals surface area contributed by atoms with Crippen molar-refractivity contribution in [2.75, 3.05) is 20.6 Å². The van der Waals surface area contributed by atoms with Crippen LogP contribution in [0, 0.1) is 6.92 Å². The second kappa shape index (κ2) is 3.98. The van der Waals surface area contributed by atoms with Crippen LogP contribution in [0.5, 0.6) is 0 Å². The fourth-order valence-electron chi connectivity index (χ4n) is 1.11. The van der Waals surface area contributed by atoms with Crippen LogP contribution in [0.4, 0.5) is 0 Å². The third-order valence-electron chi connectivity index (χ3n) is 1.81. The van der Waals surface area contributed by atoms with Crippen LogP contribution in [0.25, 0.3) is 0 Å². The van der Waals surface area contributed by atoms with Gasteiger partial charge in [-0.15, -0.1) is 11.3 Å². The van der Waals surface area contributed by atoms with E-state index in [2.05, 4.69) is 9.88 Å². The minimum atomic E-state index is 0.316. The average Bonchev–Trinajstić information content (AvgIpc) is 2.37. The molecule has 1 heterocycles. The van der Waals surface area contributed by atoms with Gasteiger partial charge in [-0.1, -0.05) is 0 Å². The van der Waals surface area contributed by atoms with Gasteiger partial charge in [0.1, 0.15) is 0 Å². The van der Waals surface area contributed by atoms with Gasteiger partial charge >= 0.3 is 0 Å². The summed E-state index contributed by atoms with van der Waals surface area (Å²) in [5.41, 5.74) is 5.65. The molecule has 1 unspecified atom stereocenters. The number of nitrogens with zero attached hydrogens (tertiary/aromatic N) is 2. The number of likely N-dealkylation sites (N-methyl/N-ethyl adjacent to an activating group) is 1. The highest BCUT2D eigenvalue weighted by molar-refractivity contribution is 7.11. The Balaban J connectivity index is 2.80. The first-order valence-electron chi connectivity index (χ1n) is 3.94. The molecule has 0 saturated carbocycles. The molecule has 0 aliphatic carbocycles. The van der Waals surface area contributed by atoms with Crippen molar-refractivity contribution in [2.45, 2.75) is 13.0 Å². The molecule has 0 aliphatic rings. The maximum absolute atomic E-state index is 5.65. The fraction of sp³-hybridized carbons (Fsp3) is 0.625. The predicted molar refractivity (Wildman–Crippen MR) is 52.3 cm³/mol. The lowest BCUT2D eigenvalue weighted by Crippen LogP contribution is -2.26. The molecule has 1 aromatic rings. The third kappa shape index (κ3) is 2.03. The zero-order chi connectivity index (χ0) is 9.14. The molecule has 0 aliphatic heterocycles. The van der Waals surface area contributed by atoms with E-state index in [1.165, 1.54) is 4.88 Å². The Morgan fingerprint density at radius 3 is 2.67 bits per heavy atom. The molecule has 12 heavy (non-hydrogen) atoms. The number of hydrogen-bond donors (Lipinski definition) is 1. The first-order valence-corrected chi connectivity index (χ1v) is 4.75. The SMILES string of the molecule is Cc1ncc(C(CN)N(C)C)s1. The van der Waals surface area contributed by atoms with Gasteiger partial charge in [-0.2, -0.15) is 0 Å². The van der Waals surface area contributed by atoms with Gasteiger partial charge in [0.05, 0.1) is 11.0 Å². The Hall–Kier alpha value is -0.450. The van der Waals surface area contributed by atoms with Gasteiger partial charge in [-0.25, -0.2) is 4.98 Å². The van der Waals surface area contributed by atoms with Gasteiger partial charge in [0, 0.05) is 17.6 Å². The van der Waals surface area contributed by atoms with Crippen LogP contribution in [0.15, 0.2) is 6.20 Å². The first kappa shape index (κ1) is 9.64. The van der Waals surface area contributed by atoms with E-state index < -0.39 is 0 Å². The summed E-state index contributed by atoms with van der Waals surface area (Å²) in [4.78, 5) is 7.57. The fourth-order valence-corrected chi connectivity index (χ4v) is 2.11. The van der Waals surface area contributed by atoms with Crippen molar-refractivity contribution in [1.82, 2.24) is 9.88 Å². The average molecular weight is 185 g/mol. The Morgan fingerprint density at radius 1 is 1.67 bits per heavy atom. The second-order valence-electron chi connectivity index (χ2n) is 3.00. The van der Waals surface area contributed by atoms with Crippen LogP contribution < -0.4 is 5.73 Å². The molecule has 1 rings (SSSR count). The summed E-state index contributed by atoms with van der Waals surface area (Å²) in [6, 6.07) is 0.316. The van der Waals surface area contributed by atoms with Crippen molar-refractivity contribution in [1.29, 1.82) is 0 Å². The second-order valence-corrected chi connectivity index (χ2v) is 4.26. The maximum Gasteiger partial charge on any atom is 0.0897 e. The van der Waals surface area contributed by atoms with Gasteiger partial charge < -0.3 is 10.6 Å². The molecule has 2 N–H and O–H groups in total. The van der Waals surface area contributed by atoms with Gasteiger partial charge in [-0.05, 0) is 21.0 Å². The quantitative estimate of drug-likeness (QED) is 0.764. The molecule has 0 radical (unpaired) electrons. The molecule has 0 bridgehead atoms. The predicted octanol–water partition coefficient (Wildman–Crippen LogP) is 1.01. The Bertz CT molecular complexity index is 244. The summed E-state index contributed by atoms with van der Waals surface area (Å²) in [5, 5.41) is 1.10. The van der Waals surface area contributed by atoms with Crippen molar-refractivity contribution < 1.29 is 0 Å². The topological polar surface area (TPSA) is 42.1 Å². The van der Waals surface area contributed by atoms with Gasteiger partial charge in [0.15, 0.2) is 0 Å². The maximum atomic E-state index is 5.65. The Morgan fingerprint density at radius 2 is 2.33 bits per heavy atom. The number of nitrogens with two attached hydrogens (primary N) is 1. The van der Waals surface area contributed by atoms with Crippen LogP contribution in [0.3, 0.4) is 0 Å². The van der Waals surface area contributed by atoms with Crippen molar-refractivity contribution in [3.63, 3.8) is 0 Å². The van der Waals surface area contributed by atoms with Crippen molar-refractivity contribution >= 4 is 11.3 Å². The molecule has 0 saturated heterocycles. The molecule has 0 amide bonds. The van der Waals surface area contributed by atoms with E-state index in [-0.39, 0.29) is 0 Å². The largest absolute Gasteiger partial charge is 0.329 e. The van der Waals surface area contributed by atoms with E-state index in [4.69, 9.17) is 5.73 Å². The minimum absolute atomic E-state index is 0.316. The van der Waals surface area contributed by atoms with Gasteiger partial charge in [0.2, 0.25) is 0 Å². The molecule has 0 aromatic carbocycles. The van der Waals surface area contributed by atoms with Crippen molar-refractivity contribution in [3.05, 3.63) is 16.1 Å². The lowest BCUT2D eigenvalue weighted by atomic mass is 10.2. The number of rotatable bonds is 3. The first-order chi connectivity index (χ1) is 5.65. The highest BCUT2D eigenvalue weighted by Crippen LogP contribution is 2.22.